The topological polar surface area (TPSA) is 49.9 Å². The van der Waals surface area contributed by atoms with Crippen LogP contribution in [-0.2, 0) is 9.59 Å². The van der Waals surface area contributed by atoms with Crippen LogP contribution < -0.4 is 4.74 Å². The molecular weight excluding hydrogens is 292 g/mol. The average Bonchev–Trinajstić information content (AvgIpc) is 2.54. The quantitative estimate of drug-likeness (QED) is 0.804. The second-order valence-electron chi connectivity index (χ2n) is 6.51. The molecule has 1 saturated heterocycles. The summed E-state index contributed by atoms with van der Waals surface area (Å²) in [7, 11) is 1.73. The summed E-state index contributed by atoms with van der Waals surface area (Å²) < 4.78 is 6.09. The maximum Gasteiger partial charge on any atom is 0.238 e. The average molecular weight is 316 g/mol. The lowest BCUT2D eigenvalue weighted by Crippen LogP contribution is -2.63. The van der Waals surface area contributed by atoms with E-state index in [1.165, 1.54) is 0 Å². The first-order valence-electron chi connectivity index (χ1n) is 8.27. The van der Waals surface area contributed by atoms with Crippen molar-refractivity contribution < 1.29 is 14.3 Å². The second kappa shape index (κ2) is 5.55. The van der Waals surface area contributed by atoms with E-state index in [-0.39, 0.29) is 17.7 Å². The van der Waals surface area contributed by atoms with E-state index in [1.807, 2.05) is 45.0 Å². The number of para-hydroxylation sites is 1. The molecule has 2 bridgehead atoms. The minimum atomic E-state index is -0.684. The van der Waals surface area contributed by atoms with Gasteiger partial charge in [-0.1, -0.05) is 18.2 Å². The molecule has 0 saturated carbocycles. The minimum absolute atomic E-state index is 0.0735. The van der Waals surface area contributed by atoms with Gasteiger partial charge in [0.2, 0.25) is 11.8 Å². The van der Waals surface area contributed by atoms with E-state index in [4.69, 9.17) is 4.74 Å². The molecule has 0 radical (unpaired) electrons. The lowest BCUT2D eigenvalue weighted by atomic mass is 9.73. The van der Waals surface area contributed by atoms with Crippen LogP contribution in [0, 0.1) is 5.92 Å². The zero-order valence-corrected chi connectivity index (χ0v) is 14.2. The van der Waals surface area contributed by atoms with Gasteiger partial charge in [0.1, 0.15) is 11.7 Å². The Morgan fingerprint density at radius 2 is 2.00 bits per heavy atom. The minimum Gasteiger partial charge on any atom is -0.468 e. The molecule has 2 aliphatic rings. The number of rotatable bonds is 3. The highest BCUT2D eigenvalue weighted by molar-refractivity contribution is 6.02. The first-order valence-corrected chi connectivity index (χ1v) is 8.27. The first kappa shape index (κ1) is 15.8. The van der Waals surface area contributed by atoms with Gasteiger partial charge in [-0.3, -0.25) is 9.59 Å². The summed E-state index contributed by atoms with van der Waals surface area (Å²) in [4.78, 5) is 29.2. The molecule has 2 aliphatic heterocycles. The molecule has 124 valence electrons. The lowest BCUT2D eigenvalue weighted by Gasteiger charge is -2.52. The Kier molecular flexibility index (Phi) is 3.82. The molecule has 1 fully saturated rings. The Hall–Kier alpha value is -2.04. The first-order chi connectivity index (χ1) is 10.9. The van der Waals surface area contributed by atoms with E-state index in [1.54, 1.807) is 16.8 Å². The molecule has 3 rings (SSSR count). The Bertz CT molecular complexity index is 641. The molecule has 3 atom stereocenters. The van der Waals surface area contributed by atoms with Gasteiger partial charge in [0.05, 0.1) is 0 Å². The molecule has 0 N–H and O–H groups in total. The highest BCUT2D eigenvalue weighted by atomic mass is 16.5. The number of carbonyl (C=O) groups excluding carboxylic acids is 2. The fourth-order valence-electron chi connectivity index (χ4n) is 3.80. The van der Waals surface area contributed by atoms with E-state index < -0.39 is 11.6 Å². The van der Waals surface area contributed by atoms with E-state index in [2.05, 4.69) is 0 Å². The van der Waals surface area contributed by atoms with Crippen molar-refractivity contribution >= 4 is 11.8 Å². The summed E-state index contributed by atoms with van der Waals surface area (Å²) in [6.07, 6.45) is 0.643. The molecule has 5 nitrogen and oxygen atoms in total. The number of amides is 2. The number of fused-ring (bicyclic) bond motifs is 4. The van der Waals surface area contributed by atoms with Crippen molar-refractivity contribution in [2.75, 3.05) is 20.1 Å². The molecule has 5 heteroatoms. The summed E-state index contributed by atoms with van der Waals surface area (Å²) >= 11 is 0. The van der Waals surface area contributed by atoms with E-state index in [0.29, 0.717) is 19.5 Å². The van der Waals surface area contributed by atoms with Crippen molar-refractivity contribution in [1.29, 1.82) is 0 Å². The molecule has 0 aromatic heterocycles. The number of hydrogen-bond acceptors (Lipinski definition) is 3. The predicted octanol–water partition coefficient (Wildman–Crippen LogP) is 2.23. The number of hydrogen-bond donors (Lipinski definition) is 0. The van der Waals surface area contributed by atoms with Crippen LogP contribution in [0.5, 0.6) is 5.75 Å². The van der Waals surface area contributed by atoms with Gasteiger partial charge in [-0.15, -0.1) is 0 Å². The smallest absolute Gasteiger partial charge is 0.238 e. The van der Waals surface area contributed by atoms with Crippen LogP contribution in [0.3, 0.4) is 0 Å². The normalized spacial score (nSPS) is 28.9. The highest BCUT2D eigenvalue weighted by Crippen LogP contribution is 2.49. The molecule has 1 aromatic carbocycles. The van der Waals surface area contributed by atoms with E-state index in [9.17, 15) is 9.59 Å². The van der Waals surface area contributed by atoms with Crippen molar-refractivity contribution in [1.82, 2.24) is 9.80 Å². The molecular formula is C18H24N2O3. The lowest BCUT2D eigenvalue weighted by molar-refractivity contribution is -0.174. The van der Waals surface area contributed by atoms with Gasteiger partial charge in [0, 0.05) is 32.5 Å². The molecule has 1 aromatic rings. The second-order valence-corrected chi connectivity index (χ2v) is 6.51. The number of nitrogens with zero attached hydrogens (tertiary/aromatic N) is 2. The maximum absolute atomic E-state index is 13.0. The van der Waals surface area contributed by atoms with E-state index >= 15 is 0 Å². The SMILES string of the molecule is CCN(CC)C(=O)[C@@H]1C(=O)N(C)[C@]2(C)C[C@H]1c1ccccc1O2. The standard InChI is InChI=1S/C18H24N2O3/c1-5-20(6-2)17(22)15-13-11-18(3,19(4)16(15)21)23-14-10-8-7-9-12(13)14/h7-10,13,15H,5-6,11H2,1-4H3/t13-,15-,18-/m0/s1. The van der Waals surface area contributed by atoms with Crippen molar-refractivity contribution in [3.8, 4) is 5.75 Å². The van der Waals surface area contributed by atoms with Crippen LogP contribution in [-0.4, -0.2) is 47.5 Å². The Morgan fingerprint density at radius 1 is 1.35 bits per heavy atom. The summed E-state index contributed by atoms with van der Waals surface area (Å²) in [5.41, 5.74) is 0.285. The van der Waals surface area contributed by atoms with Crippen molar-refractivity contribution in [2.24, 2.45) is 5.92 Å². The van der Waals surface area contributed by atoms with Gasteiger partial charge in [0.25, 0.3) is 0 Å². The van der Waals surface area contributed by atoms with Crippen molar-refractivity contribution in [3.63, 3.8) is 0 Å². The Morgan fingerprint density at radius 3 is 2.65 bits per heavy atom. The highest BCUT2D eigenvalue weighted by Gasteiger charge is 2.55. The van der Waals surface area contributed by atoms with Crippen LogP contribution in [0.4, 0.5) is 0 Å². The fraction of sp³-hybridized carbons (Fsp3) is 0.556. The van der Waals surface area contributed by atoms with E-state index in [0.717, 1.165) is 11.3 Å². The van der Waals surface area contributed by atoms with Crippen molar-refractivity contribution in [3.05, 3.63) is 29.8 Å². The summed E-state index contributed by atoms with van der Waals surface area (Å²) in [6.45, 7) is 7.04. The number of likely N-dealkylation sites (tertiary alicyclic amines) is 1. The number of ether oxygens (including phenoxy) is 1. The zero-order valence-electron chi connectivity index (χ0n) is 14.2. The Labute approximate surface area is 137 Å². The summed E-state index contributed by atoms with van der Waals surface area (Å²) in [5, 5.41) is 0. The monoisotopic (exact) mass is 316 g/mol. The van der Waals surface area contributed by atoms with Crippen LogP contribution >= 0.6 is 0 Å². The van der Waals surface area contributed by atoms with Gasteiger partial charge < -0.3 is 14.5 Å². The third kappa shape index (κ3) is 2.30. The van der Waals surface area contributed by atoms with Gasteiger partial charge in [-0.05, 0) is 32.4 Å². The van der Waals surface area contributed by atoms with Crippen LogP contribution in [0.25, 0.3) is 0 Å². The van der Waals surface area contributed by atoms with Gasteiger partial charge in [0.15, 0.2) is 5.72 Å². The molecule has 2 amide bonds. The third-order valence-electron chi connectivity index (χ3n) is 5.30. The maximum atomic E-state index is 13.0. The largest absolute Gasteiger partial charge is 0.468 e. The molecule has 23 heavy (non-hydrogen) atoms. The van der Waals surface area contributed by atoms with Gasteiger partial charge >= 0.3 is 0 Å². The Balaban J connectivity index is 2.08. The van der Waals surface area contributed by atoms with Gasteiger partial charge in [-0.25, -0.2) is 0 Å². The van der Waals surface area contributed by atoms with Crippen LogP contribution in [0.1, 0.15) is 38.7 Å². The predicted molar refractivity (Wildman–Crippen MR) is 87.0 cm³/mol. The van der Waals surface area contributed by atoms with Gasteiger partial charge in [-0.2, -0.15) is 0 Å². The van der Waals surface area contributed by atoms with Crippen molar-refractivity contribution in [2.45, 2.75) is 38.8 Å². The summed E-state index contributed by atoms with van der Waals surface area (Å²) in [6, 6.07) is 7.75. The molecule has 0 spiro atoms. The fourth-order valence-corrected chi connectivity index (χ4v) is 3.80. The number of piperidine rings is 1. The number of benzene rings is 1. The summed E-state index contributed by atoms with van der Waals surface area (Å²) in [5.74, 6) is -0.214. The third-order valence-corrected chi connectivity index (χ3v) is 5.30. The molecule has 2 heterocycles. The molecule has 0 aliphatic carbocycles. The molecule has 0 unspecified atom stereocenters. The van der Waals surface area contributed by atoms with Crippen LogP contribution in [0.2, 0.25) is 0 Å². The van der Waals surface area contributed by atoms with Crippen LogP contribution in [0.15, 0.2) is 24.3 Å². The number of carbonyl (C=O) groups is 2. The zero-order chi connectivity index (χ0) is 16.8.